The number of sulfone groups is 1. The molecule has 0 unspecified atom stereocenters. The first kappa shape index (κ1) is 46.0. The first-order chi connectivity index (χ1) is 31.9. The van der Waals surface area contributed by atoms with E-state index in [2.05, 4.69) is 177 Å². The number of fused-ring (bicyclic) bond motifs is 4. The highest BCUT2D eigenvalue weighted by Gasteiger charge is 2.35. The van der Waals surface area contributed by atoms with Crippen LogP contribution in [0.3, 0.4) is 0 Å². The summed E-state index contributed by atoms with van der Waals surface area (Å²) in [7, 11) is -4.82. The van der Waals surface area contributed by atoms with Gasteiger partial charge in [0.2, 0.25) is 9.84 Å². The maximum absolute atomic E-state index is 13.9. The third kappa shape index (κ3) is 8.47. The molecular formula is C62H60O3S2. The molecule has 5 heteroatoms. The molecule has 0 saturated carbocycles. The van der Waals surface area contributed by atoms with Crippen molar-refractivity contribution in [2.75, 3.05) is 0 Å². The molecule has 0 N–H and O–H groups in total. The summed E-state index contributed by atoms with van der Waals surface area (Å²) in [5, 5.41) is 0. The molecule has 0 spiro atoms. The lowest BCUT2D eigenvalue weighted by Crippen LogP contribution is -2.23. The van der Waals surface area contributed by atoms with Gasteiger partial charge in [-0.2, -0.15) is 0 Å². The molecule has 0 aromatic heterocycles. The van der Waals surface area contributed by atoms with Crippen LogP contribution in [0.15, 0.2) is 214 Å². The van der Waals surface area contributed by atoms with E-state index < -0.39 is 20.6 Å². The quantitative estimate of drug-likeness (QED) is 0.153. The molecule has 338 valence electrons. The van der Waals surface area contributed by atoms with Crippen molar-refractivity contribution in [3.63, 3.8) is 0 Å². The summed E-state index contributed by atoms with van der Waals surface area (Å²) in [5.41, 5.74) is 12.4. The van der Waals surface area contributed by atoms with Gasteiger partial charge in [-0.05, 0) is 97.4 Å². The molecule has 67 heavy (non-hydrogen) atoms. The SMILES string of the molecule is CC(C)(c1ccccc1)c1ccc2c(c1)S(=O)(=O)c1cc(C(C)(C)c3ccccc3)ccc1C2.CC(C)(c1ccccc1)c1ccc2c(c1)S(=O)c1cc(C(C)(C)c3ccccc3)ccc1C2. The maximum atomic E-state index is 13.9. The van der Waals surface area contributed by atoms with Crippen LogP contribution in [0, 0.1) is 0 Å². The summed E-state index contributed by atoms with van der Waals surface area (Å²) in [5.74, 6) is 0. The van der Waals surface area contributed by atoms with E-state index in [9.17, 15) is 12.6 Å². The topological polar surface area (TPSA) is 51.2 Å². The molecule has 0 atom stereocenters. The molecule has 0 amide bonds. The Hall–Kier alpha value is -6.14. The van der Waals surface area contributed by atoms with E-state index >= 15 is 0 Å². The lowest BCUT2D eigenvalue weighted by atomic mass is 9.77. The van der Waals surface area contributed by atoms with Crippen molar-refractivity contribution < 1.29 is 12.6 Å². The second-order valence-electron chi connectivity index (χ2n) is 20.4. The van der Waals surface area contributed by atoms with Gasteiger partial charge in [-0.1, -0.05) is 225 Å². The van der Waals surface area contributed by atoms with E-state index in [1.54, 1.807) is 0 Å². The van der Waals surface area contributed by atoms with Crippen LogP contribution in [0.1, 0.15) is 122 Å². The summed E-state index contributed by atoms with van der Waals surface area (Å²) in [6, 6.07) is 66.7. The highest BCUT2D eigenvalue weighted by atomic mass is 32.2. The molecule has 0 radical (unpaired) electrons. The average molecular weight is 917 g/mol. The van der Waals surface area contributed by atoms with Gasteiger partial charge in [0.1, 0.15) is 0 Å². The summed E-state index contributed by atoms with van der Waals surface area (Å²) < 4.78 is 41.7. The van der Waals surface area contributed by atoms with Crippen LogP contribution in [0.5, 0.6) is 0 Å². The minimum Gasteiger partial charge on any atom is -0.249 e. The minimum atomic E-state index is -3.63. The van der Waals surface area contributed by atoms with Gasteiger partial charge in [-0.3, -0.25) is 0 Å². The van der Waals surface area contributed by atoms with E-state index in [0.717, 1.165) is 49.6 Å². The monoisotopic (exact) mass is 916 g/mol. The van der Waals surface area contributed by atoms with Gasteiger partial charge >= 0.3 is 0 Å². The molecule has 0 aliphatic carbocycles. The predicted molar refractivity (Wildman–Crippen MR) is 276 cm³/mol. The van der Waals surface area contributed by atoms with Crippen LogP contribution in [0.25, 0.3) is 0 Å². The van der Waals surface area contributed by atoms with E-state index in [4.69, 9.17) is 0 Å². The van der Waals surface area contributed by atoms with Gasteiger partial charge < -0.3 is 0 Å². The van der Waals surface area contributed by atoms with Gasteiger partial charge in [0.25, 0.3) is 0 Å². The van der Waals surface area contributed by atoms with Gasteiger partial charge in [0.05, 0.1) is 20.6 Å². The van der Waals surface area contributed by atoms with Crippen LogP contribution < -0.4 is 0 Å². The average Bonchev–Trinajstić information content (AvgIpc) is 3.35. The largest absolute Gasteiger partial charge is 0.249 e. The second-order valence-corrected chi connectivity index (χ2v) is 23.7. The zero-order valence-corrected chi connectivity index (χ0v) is 41.6. The van der Waals surface area contributed by atoms with E-state index in [1.165, 1.54) is 33.4 Å². The fourth-order valence-corrected chi connectivity index (χ4v) is 13.2. The predicted octanol–water partition coefficient (Wildman–Crippen LogP) is 14.5. The number of hydrogen-bond donors (Lipinski definition) is 0. The fraction of sp³-hybridized carbons (Fsp3) is 0.226. The first-order valence-corrected chi connectivity index (χ1v) is 26.0. The van der Waals surface area contributed by atoms with Crippen LogP contribution in [0.2, 0.25) is 0 Å². The third-order valence-corrected chi connectivity index (χ3v) is 18.4. The van der Waals surface area contributed by atoms with Crippen molar-refractivity contribution in [1.82, 2.24) is 0 Å². The molecule has 2 aliphatic heterocycles. The van der Waals surface area contributed by atoms with E-state index in [0.29, 0.717) is 16.2 Å². The Morgan fingerprint density at radius 2 is 0.582 bits per heavy atom. The molecule has 0 fully saturated rings. The Labute approximate surface area is 401 Å². The summed E-state index contributed by atoms with van der Waals surface area (Å²) in [6.07, 6.45) is 1.45. The molecule has 2 heterocycles. The smallest absolute Gasteiger partial charge is 0.207 e. The van der Waals surface area contributed by atoms with E-state index in [-0.39, 0.29) is 21.7 Å². The Bertz CT molecular complexity index is 3030. The Morgan fingerprint density at radius 3 is 0.881 bits per heavy atom. The van der Waals surface area contributed by atoms with Crippen molar-refractivity contribution in [2.24, 2.45) is 0 Å². The summed E-state index contributed by atoms with van der Waals surface area (Å²) >= 11 is 0. The minimum absolute atomic E-state index is 0.155. The first-order valence-electron chi connectivity index (χ1n) is 23.3. The van der Waals surface area contributed by atoms with Crippen molar-refractivity contribution in [2.45, 2.75) is 109 Å². The molecule has 8 aromatic rings. The number of benzene rings is 8. The van der Waals surface area contributed by atoms with Crippen LogP contribution >= 0.6 is 0 Å². The Kier molecular flexibility index (Phi) is 12.0. The lowest BCUT2D eigenvalue weighted by Gasteiger charge is -2.30. The highest BCUT2D eigenvalue weighted by Crippen LogP contribution is 2.43. The third-order valence-electron chi connectivity index (χ3n) is 14.9. The van der Waals surface area contributed by atoms with Crippen molar-refractivity contribution >= 4 is 20.6 Å². The van der Waals surface area contributed by atoms with Gasteiger partial charge in [-0.15, -0.1) is 0 Å². The van der Waals surface area contributed by atoms with Crippen LogP contribution in [0.4, 0.5) is 0 Å². The number of rotatable bonds is 8. The maximum Gasteiger partial charge on any atom is 0.207 e. The summed E-state index contributed by atoms with van der Waals surface area (Å²) in [4.78, 5) is 2.80. The second kappa shape index (κ2) is 17.5. The Morgan fingerprint density at radius 1 is 0.328 bits per heavy atom. The van der Waals surface area contributed by atoms with Gasteiger partial charge in [0, 0.05) is 37.9 Å². The van der Waals surface area contributed by atoms with Crippen molar-refractivity contribution in [1.29, 1.82) is 0 Å². The van der Waals surface area contributed by atoms with Crippen LogP contribution in [-0.2, 0) is 55.1 Å². The standard InChI is InChI=1S/C31H30O2S.C31H30OS/c1-30(2,24-11-7-5-8-12-24)26-17-15-22-19-23-16-18-27(21-29(23)34(32,33)28(22)20-26)31(3,4)25-13-9-6-10-14-25;1-30(2,24-11-7-5-8-12-24)26-17-15-22-19-23-16-18-27(21-29(23)33(32)28(22)20-26)31(3,4)25-13-9-6-10-14-25/h5-18,20-21H,19H2,1-4H3;5-18,20-21H,19H2,1-4H3. The van der Waals surface area contributed by atoms with Gasteiger partial charge in [-0.25, -0.2) is 12.6 Å². The molecule has 2 aliphatic rings. The molecule has 0 bridgehead atoms. The molecule has 0 saturated heterocycles. The molecule has 8 aromatic carbocycles. The van der Waals surface area contributed by atoms with Gasteiger partial charge in [0.15, 0.2) is 0 Å². The zero-order valence-electron chi connectivity index (χ0n) is 39.9. The molecule has 3 nitrogen and oxygen atoms in total. The van der Waals surface area contributed by atoms with Crippen LogP contribution in [-0.4, -0.2) is 12.6 Å². The highest BCUT2D eigenvalue weighted by molar-refractivity contribution is 7.91. The Balaban J connectivity index is 0.000000168. The molecule has 10 rings (SSSR count). The normalized spacial score (nSPS) is 14.4. The number of hydrogen-bond acceptors (Lipinski definition) is 3. The van der Waals surface area contributed by atoms with Crippen molar-refractivity contribution in [3.05, 3.63) is 261 Å². The lowest BCUT2D eigenvalue weighted by molar-refractivity contribution is 0.587. The van der Waals surface area contributed by atoms with E-state index in [1.807, 2.05) is 72.8 Å². The summed E-state index contributed by atoms with van der Waals surface area (Å²) in [6.45, 7) is 17.5. The fourth-order valence-electron chi connectivity index (χ4n) is 9.94. The molecular weight excluding hydrogens is 857 g/mol. The zero-order chi connectivity index (χ0) is 47.4. The van der Waals surface area contributed by atoms with Crippen molar-refractivity contribution in [3.8, 4) is 0 Å².